The minimum atomic E-state index is 0.220. The third kappa shape index (κ3) is 2.69. The molecule has 1 atom stereocenters. The molecular formula is C14H14ClNOS. The fourth-order valence-electron chi connectivity index (χ4n) is 2.17. The standard InChI is InChI=1S/C14H14ClNOS/c15-12-1-2-14-11(5-12)6-13(17-14)8-16-7-10-3-4-18-9-10/h1-5,9,13,16H,6-8H2. The molecule has 2 nitrogen and oxygen atoms in total. The molecule has 3 rings (SSSR count). The Morgan fingerprint density at radius 2 is 2.33 bits per heavy atom. The smallest absolute Gasteiger partial charge is 0.123 e. The van der Waals surface area contributed by atoms with Crippen LogP contribution in [-0.4, -0.2) is 12.6 Å². The van der Waals surface area contributed by atoms with E-state index in [-0.39, 0.29) is 6.10 Å². The first-order valence-corrected chi connectivity index (χ1v) is 7.30. The summed E-state index contributed by atoms with van der Waals surface area (Å²) in [5.41, 5.74) is 2.54. The Kier molecular flexibility index (Phi) is 3.55. The third-order valence-electron chi connectivity index (χ3n) is 3.04. The van der Waals surface area contributed by atoms with Gasteiger partial charge in [0, 0.05) is 24.5 Å². The first kappa shape index (κ1) is 12.0. The average Bonchev–Trinajstić information content (AvgIpc) is 2.97. The second-order valence-corrected chi connectivity index (χ2v) is 5.67. The van der Waals surface area contributed by atoms with Crippen molar-refractivity contribution in [2.24, 2.45) is 0 Å². The second kappa shape index (κ2) is 5.31. The van der Waals surface area contributed by atoms with Crippen LogP contribution in [-0.2, 0) is 13.0 Å². The maximum atomic E-state index is 5.97. The van der Waals surface area contributed by atoms with Gasteiger partial charge >= 0.3 is 0 Å². The highest BCUT2D eigenvalue weighted by Crippen LogP contribution is 2.30. The van der Waals surface area contributed by atoms with Gasteiger partial charge in [-0.15, -0.1) is 0 Å². The van der Waals surface area contributed by atoms with Gasteiger partial charge in [-0.25, -0.2) is 0 Å². The van der Waals surface area contributed by atoms with Crippen LogP contribution in [0.5, 0.6) is 5.75 Å². The molecule has 0 amide bonds. The predicted octanol–water partition coefficient (Wildman–Crippen LogP) is 3.49. The average molecular weight is 280 g/mol. The summed E-state index contributed by atoms with van der Waals surface area (Å²) in [6.45, 7) is 1.77. The van der Waals surface area contributed by atoms with E-state index in [1.54, 1.807) is 11.3 Å². The van der Waals surface area contributed by atoms with Gasteiger partial charge in [-0.05, 0) is 46.2 Å². The highest BCUT2D eigenvalue weighted by Gasteiger charge is 2.22. The van der Waals surface area contributed by atoms with E-state index in [2.05, 4.69) is 22.1 Å². The van der Waals surface area contributed by atoms with Crippen molar-refractivity contribution in [3.8, 4) is 5.75 Å². The molecule has 1 aromatic carbocycles. The Hall–Kier alpha value is -1.03. The van der Waals surface area contributed by atoms with Gasteiger partial charge in [0.1, 0.15) is 11.9 Å². The van der Waals surface area contributed by atoms with E-state index in [0.717, 1.165) is 30.3 Å². The summed E-state index contributed by atoms with van der Waals surface area (Å²) in [6, 6.07) is 7.97. The van der Waals surface area contributed by atoms with Crippen LogP contribution >= 0.6 is 22.9 Å². The highest BCUT2D eigenvalue weighted by atomic mass is 35.5. The summed E-state index contributed by atoms with van der Waals surface area (Å²) in [4.78, 5) is 0. The topological polar surface area (TPSA) is 21.3 Å². The number of rotatable bonds is 4. The molecule has 1 aliphatic heterocycles. The number of fused-ring (bicyclic) bond motifs is 1. The number of hydrogen-bond donors (Lipinski definition) is 1. The summed E-state index contributed by atoms with van der Waals surface area (Å²) in [5.74, 6) is 0.974. The largest absolute Gasteiger partial charge is 0.488 e. The third-order valence-corrected chi connectivity index (χ3v) is 4.01. The molecule has 0 aliphatic carbocycles. The lowest BCUT2D eigenvalue weighted by molar-refractivity contribution is 0.227. The molecular weight excluding hydrogens is 266 g/mol. The van der Waals surface area contributed by atoms with E-state index in [1.807, 2.05) is 18.2 Å². The van der Waals surface area contributed by atoms with Crippen LogP contribution in [0.2, 0.25) is 5.02 Å². The Balaban J connectivity index is 1.52. The molecule has 18 heavy (non-hydrogen) atoms. The zero-order chi connectivity index (χ0) is 12.4. The molecule has 0 fully saturated rings. The first-order valence-electron chi connectivity index (χ1n) is 5.98. The molecule has 2 aromatic rings. The lowest BCUT2D eigenvalue weighted by atomic mass is 10.1. The van der Waals surface area contributed by atoms with E-state index >= 15 is 0 Å². The molecule has 2 heterocycles. The molecule has 1 N–H and O–H groups in total. The molecule has 0 radical (unpaired) electrons. The van der Waals surface area contributed by atoms with Crippen LogP contribution in [0.4, 0.5) is 0 Å². The molecule has 0 saturated carbocycles. The number of halogens is 1. The van der Waals surface area contributed by atoms with Crippen LogP contribution in [0, 0.1) is 0 Å². The SMILES string of the molecule is Clc1ccc2c(c1)CC(CNCc1ccsc1)O2. The van der Waals surface area contributed by atoms with Crippen molar-refractivity contribution >= 4 is 22.9 Å². The Bertz CT molecular complexity index is 527. The van der Waals surface area contributed by atoms with Gasteiger partial charge in [-0.3, -0.25) is 0 Å². The lowest BCUT2D eigenvalue weighted by Gasteiger charge is -2.11. The van der Waals surface area contributed by atoms with Crippen molar-refractivity contribution in [2.75, 3.05) is 6.54 Å². The summed E-state index contributed by atoms with van der Waals surface area (Å²) in [5, 5.41) is 8.47. The molecule has 0 spiro atoms. The van der Waals surface area contributed by atoms with Gasteiger partial charge < -0.3 is 10.1 Å². The summed E-state index contributed by atoms with van der Waals surface area (Å²) in [6.07, 6.45) is 1.16. The first-order chi connectivity index (χ1) is 8.81. The van der Waals surface area contributed by atoms with Crippen LogP contribution in [0.1, 0.15) is 11.1 Å². The van der Waals surface area contributed by atoms with E-state index in [1.165, 1.54) is 11.1 Å². The summed E-state index contributed by atoms with van der Waals surface area (Å²) < 4.78 is 5.86. The molecule has 4 heteroatoms. The highest BCUT2D eigenvalue weighted by molar-refractivity contribution is 7.07. The van der Waals surface area contributed by atoms with E-state index < -0.39 is 0 Å². The van der Waals surface area contributed by atoms with Gasteiger partial charge in [0.15, 0.2) is 0 Å². The fourth-order valence-corrected chi connectivity index (χ4v) is 3.04. The molecule has 1 aromatic heterocycles. The van der Waals surface area contributed by atoms with E-state index in [9.17, 15) is 0 Å². The van der Waals surface area contributed by atoms with Crippen LogP contribution in [0.25, 0.3) is 0 Å². The minimum absolute atomic E-state index is 0.220. The maximum Gasteiger partial charge on any atom is 0.123 e. The zero-order valence-corrected chi connectivity index (χ0v) is 11.4. The second-order valence-electron chi connectivity index (χ2n) is 4.46. The van der Waals surface area contributed by atoms with Crippen LogP contribution < -0.4 is 10.1 Å². The number of hydrogen-bond acceptors (Lipinski definition) is 3. The van der Waals surface area contributed by atoms with Crippen molar-refractivity contribution in [3.63, 3.8) is 0 Å². The van der Waals surface area contributed by atoms with Gasteiger partial charge in [0.25, 0.3) is 0 Å². The number of nitrogens with one attached hydrogen (secondary N) is 1. The fraction of sp³-hybridized carbons (Fsp3) is 0.286. The Morgan fingerprint density at radius 3 is 3.17 bits per heavy atom. The zero-order valence-electron chi connectivity index (χ0n) is 9.86. The quantitative estimate of drug-likeness (QED) is 0.925. The van der Waals surface area contributed by atoms with Crippen molar-refractivity contribution in [2.45, 2.75) is 19.1 Å². The van der Waals surface area contributed by atoms with Crippen molar-refractivity contribution in [1.82, 2.24) is 5.32 Å². The monoisotopic (exact) mass is 279 g/mol. The molecule has 94 valence electrons. The minimum Gasteiger partial charge on any atom is -0.488 e. The molecule has 1 unspecified atom stereocenters. The molecule has 1 aliphatic rings. The van der Waals surface area contributed by atoms with Gasteiger partial charge in [0.2, 0.25) is 0 Å². The molecule has 0 bridgehead atoms. The van der Waals surface area contributed by atoms with Crippen molar-refractivity contribution < 1.29 is 4.74 Å². The van der Waals surface area contributed by atoms with Gasteiger partial charge in [-0.1, -0.05) is 11.6 Å². The maximum absolute atomic E-state index is 5.97. The van der Waals surface area contributed by atoms with Gasteiger partial charge in [0.05, 0.1) is 0 Å². The van der Waals surface area contributed by atoms with Crippen molar-refractivity contribution in [3.05, 3.63) is 51.2 Å². The van der Waals surface area contributed by atoms with Crippen LogP contribution in [0.3, 0.4) is 0 Å². The number of benzene rings is 1. The van der Waals surface area contributed by atoms with Gasteiger partial charge in [-0.2, -0.15) is 11.3 Å². The van der Waals surface area contributed by atoms with Crippen LogP contribution in [0.15, 0.2) is 35.0 Å². The normalized spacial score (nSPS) is 17.5. The predicted molar refractivity (Wildman–Crippen MR) is 75.6 cm³/mol. The Labute approximate surface area is 116 Å². The lowest BCUT2D eigenvalue weighted by Crippen LogP contribution is -2.29. The number of thiophene rings is 1. The van der Waals surface area contributed by atoms with E-state index in [4.69, 9.17) is 16.3 Å². The number of ether oxygens (including phenoxy) is 1. The Morgan fingerprint density at radius 1 is 1.39 bits per heavy atom. The summed E-state index contributed by atoms with van der Waals surface area (Å²) >= 11 is 7.70. The van der Waals surface area contributed by atoms with Crippen molar-refractivity contribution in [1.29, 1.82) is 0 Å². The van der Waals surface area contributed by atoms with E-state index in [0.29, 0.717) is 0 Å². The molecule has 0 saturated heterocycles. The summed E-state index contributed by atoms with van der Waals surface area (Å²) in [7, 11) is 0.